The zero-order valence-corrected chi connectivity index (χ0v) is 13.1. The molecule has 108 valence electrons. The maximum absolute atomic E-state index is 12.7. The number of carbonyl (C=O) groups is 1. The molecule has 0 radical (unpaired) electrons. The molecule has 0 aliphatic heterocycles. The highest BCUT2D eigenvalue weighted by atomic mass is 35.5. The topological polar surface area (TPSA) is 42.1 Å². The van der Waals surface area contributed by atoms with Crippen molar-refractivity contribution in [1.82, 2.24) is 4.98 Å². The standard InChI is InChI=1S/C16H14ClNO2S/c1-2-7-20-13-5-3-4-12-14(13)10(9-18-12)15(19)16-11(17)6-8-21-16/h3-6,8-9,18H,2,7H2,1H3. The largest absolute Gasteiger partial charge is 0.493 e. The van der Waals surface area contributed by atoms with E-state index < -0.39 is 0 Å². The molecule has 0 saturated heterocycles. The lowest BCUT2D eigenvalue weighted by Gasteiger charge is -2.07. The van der Waals surface area contributed by atoms with Crippen LogP contribution in [0.1, 0.15) is 28.6 Å². The second kappa shape index (κ2) is 5.92. The van der Waals surface area contributed by atoms with Crippen molar-refractivity contribution in [3.8, 4) is 5.75 Å². The summed E-state index contributed by atoms with van der Waals surface area (Å²) in [5, 5.41) is 3.13. The number of halogens is 1. The Morgan fingerprint density at radius 1 is 1.38 bits per heavy atom. The van der Waals surface area contributed by atoms with Crippen molar-refractivity contribution in [3.63, 3.8) is 0 Å². The molecule has 5 heteroatoms. The number of fused-ring (bicyclic) bond motifs is 1. The van der Waals surface area contributed by atoms with Gasteiger partial charge in [-0.25, -0.2) is 0 Å². The summed E-state index contributed by atoms with van der Waals surface area (Å²) in [5.41, 5.74) is 1.49. The maximum atomic E-state index is 12.7. The van der Waals surface area contributed by atoms with Gasteiger partial charge in [-0.3, -0.25) is 4.79 Å². The quantitative estimate of drug-likeness (QED) is 0.679. The molecule has 0 unspecified atom stereocenters. The van der Waals surface area contributed by atoms with E-state index in [-0.39, 0.29) is 5.78 Å². The second-order valence-electron chi connectivity index (χ2n) is 4.66. The van der Waals surface area contributed by atoms with Crippen molar-refractivity contribution in [3.05, 3.63) is 51.3 Å². The zero-order valence-electron chi connectivity index (χ0n) is 11.5. The van der Waals surface area contributed by atoms with Gasteiger partial charge in [0.1, 0.15) is 5.75 Å². The molecule has 3 aromatic rings. The molecule has 2 heterocycles. The van der Waals surface area contributed by atoms with Crippen LogP contribution in [0.15, 0.2) is 35.8 Å². The molecule has 0 bridgehead atoms. The first-order valence-electron chi connectivity index (χ1n) is 6.73. The predicted molar refractivity (Wildman–Crippen MR) is 86.8 cm³/mol. The van der Waals surface area contributed by atoms with Crippen LogP contribution < -0.4 is 4.74 Å². The molecule has 0 saturated carbocycles. The van der Waals surface area contributed by atoms with Crippen LogP contribution in [0.4, 0.5) is 0 Å². The molecule has 0 spiro atoms. The monoisotopic (exact) mass is 319 g/mol. The molecule has 0 amide bonds. The summed E-state index contributed by atoms with van der Waals surface area (Å²) in [6.07, 6.45) is 2.64. The van der Waals surface area contributed by atoms with E-state index in [1.165, 1.54) is 11.3 Å². The molecule has 3 nitrogen and oxygen atoms in total. The molecular formula is C16H14ClNO2S. The number of aromatic amines is 1. The van der Waals surface area contributed by atoms with Gasteiger partial charge in [0.05, 0.1) is 27.5 Å². The SMILES string of the molecule is CCCOc1cccc2[nH]cc(C(=O)c3sccc3Cl)c12. The molecule has 1 aromatic carbocycles. The van der Waals surface area contributed by atoms with Gasteiger partial charge in [-0.15, -0.1) is 11.3 Å². The molecule has 21 heavy (non-hydrogen) atoms. The Morgan fingerprint density at radius 3 is 2.95 bits per heavy atom. The normalized spacial score (nSPS) is 11.0. The van der Waals surface area contributed by atoms with Gasteiger partial charge in [0.2, 0.25) is 5.78 Å². The van der Waals surface area contributed by atoms with Gasteiger partial charge in [-0.05, 0) is 30.0 Å². The van der Waals surface area contributed by atoms with Crippen molar-refractivity contribution in [2.24, 2.45) is 0 Å². The van der Waals surface area contributed by atoms with E-state index in [2.05, 4.69) is 11.9 Å². The van der Waals surface area contributed by atoms with Crippen LogP contribution in [0.2, 0.25) is 5.02 Å². The van der Waals surface area contributed by atoms with Gasteiger partial charge >= 0.3 is 0 Å². The first kappa shape index (κ1) is 14.2. The van der Waals surface area contributed by atoms with E-state index in [4.69, 9.17) is 16.3 Å². The summed E-state index contributed by atoms with van der Waals surface area (Å²) in [6.45, 7) is 2.67. The highest BCUT2D eigenvalue weighted by Crippen LogP contribution is 2.33. The van der Waals surface area contributed by atoms with Crippen LogP contribution in [-0.4, -0.2) is 17.4 Å². The summed E-state index contributed by atoms with van der Waals surface area (Å²) in [7, 11) is 0. The van der Waals surface area contributed by atoms with Gasteiger partial charge in [0.25, 0.3) is 0 Å². The Balaban J connectivity index is 2.10. The smallest absolute Gasteiger partial charge is 0.206 e. The minimum atomic E-state index is -0.0752. The summed E-state index contributed by atoms with van der Waals surface area (Å²) < 4.78 is 5.76. The van der Waals surface area contributed by atoms with E-state index in [0.29, 0.717) is 22.1 Å². The van der Waals surface area contributed by atoms with Crippen LogP contribution in [0.3, 0.4) is 0 Å². The predicted octanol–water partition coefficient (Wildman–Crippen LogP) is 4.90. The fraction of sp³-hybridized carbons (Fsp3) is 0.188. The number of benzene rings is 1. The Morgan fingerprint density at radius 2 is 2.24 bits per heavy atom. The van der Waals surface area contributed by atoms with Crippen LogP contribution >= 0.6 is 22.9 Å². The van der Waals surface area contributed by atoms with Crippen molar-refractivity contribution in [2.75, 3.05) is 6.61 Å². The number of ether oxygens (including phenoxy) is 1. The summed E-state index contributed by atoms with van der Waals surface area (Å²) in [6, 6.07) is 7.47. The van der Waals surface area contributed by atoms with Gasteiger partial charge in [-0.1, -0.05) is 24.6 Å². The van der Waals surface area contributed by atoms with E-state index >= 15 is 0 Å². The van der Waals surface area contributed by atoms with Crippen molar-refractivity contribution in [2.45, 2.75) is 13.3 Å². The molecule has 0 atom stereocenters. The molecular weight excluding hydrogens is 306 g/mol. The van der Waals surface area contributed by atoms with Gasteiger partial charge in [0.15, 0.2) is 0 Å². The Kier molecular flexibility index (Phi) is 3.99. The molecule has 0 aliphatic rings. The Bertz CT molecular complexity index is 791. The third kappa shape index (κ3) is 2.57. The maximum Gasteiger partial charge on any atom is 0.206 e. The van der Waals surface area contributed by atoms with Crippen molar-refractivity contribution in [1.29, 1.82) is 0 Å². The van der Waals surface area contributed by atoms with Crippen LogP contribution in [0.25, 0.3) is 10.9 Å². The summed E-state index contributed by atoms with van der Waals surface area (Å²) in [5.74, 6) is 0.653. The van der Waals surface area contributed by atoms with Crippen LogP contribution in [-0.2, 0) is 0 Å². The molecule has 1 N–H and O–H groups in total. The lowest BCUT2D eigenvalue weighted by atomic mass is 10.1. The molecule has 0 aliphatic carbocycles. The summed E-state index contributed by atoms with van der Waals surface area (Å²) >= 11 is 7.43. The van der Waals surface area contributed by atoms with Gasteiger partial charge in [-0.2, -0.15) is 0 Å². The van der Waals surface area contributed by atoms with E-state index in [0.717, 1.165) is 23.1 Å². The molecule has 3 rings (SSSR count). The average molecular weight is 320 g/mol. The third-order valence-corrected chi connectivity index (χ3v) is 4.54. The first-order valence-corrected chi connectivity index (χ1v) is 7.98. The average Bonchev–Trinajstić information content (AvgIpc) is 3.10. The lowest BCUT2D eigenvalue weighted by Crippen LogP contribution is -2.00. The van der Waals surface area contributed by atoms with Crippen molar-refractivity contribution >= 4 is 39.6 Å². The van der Waals surface area contributed by atoms with E-state index in [1.807, 2.05) is 23.6 Å². The number of hydrogen-bond acceptors (Lipinski definition) is 3. The van der Waals surface area contributed by atoms with Gasteiger partial charge in [0, 0.05) is 11.7 Å². The summed E-state index contributed by atoms with van der Waals surface area (Å²) in [4.78, 5) is 16.4. The third-order valence-electron chi connectivity index (χ3n) is 3.20. The van der Waals surface area contributed by atoms with Crippen molar-refractivity contribution < 1.29 is 9.53 Å². The first-order chi connectivity index (χ1) is 10.2. The number of H-pyrrole nitrogens is 1. The highest BCUT2D eigenvalue weighted by molar-refractivity contribution is 7.13. The number of aromatic nitrogens is 1. The molecule has 0 fully saturated rings. The minimum Gasteiger partial charge on any atom is -0.493 e. The lowest BCUT2D eigenvalue weighted by molar-refractivity contribution is 0.104. The Labute approximate surface area is 131 Å². The number of rotatable bonds is 5. The number of carbonyl (C=O) groups excluding carboxylic acids is 1. The Hall–Kier alpha value is -1.78. The minimum absolute atomic E-state index is 0.0752. The molecule has 2 aromatic heterocycles. The second-order valence-corrected chi connectivity index (χ2v) is 5.98. The number of nitrogens with one attached hydrogen (secondary N) is 1. The fourth-order valence-corrected chi connectivity index (χ4v) is 3.34. The van der Waals surface area contributed by atoms with E-state index in [9.17, 15) is 4.79 Å². The highest BCUT2D eigenvalue weighted by Gasteiger charge is 2.20. The van der Waals surface area contributed by atoms with Crippen LogP contribution in [0.5, 0.6) is 5.75 Å². The van der Waals surface area contributed by atoms with E-state index in [1.54, 1.807) is 12.3 Å². The van der Waals surface area contributed by atoms with Crippen LogP contribution in [0, 0.1) is 0 Å². The zero-order chi connectivity index (χ0) is 14.8. The van der Waals surface area contributed by atoms with Gasteiger partial charge < -0.3 is 9.72 Å². The number of thiophene rings is 1. The fourth-order valence-electron chi connectivity index (χ4n) is 2.24. The number of ketones is 1. The number of hydrogen-bond donors (Lipinski definition) is 1.